The molecule has 0 aromatic carbocycles. The van der Waals surface area contributed by atoms with Crippen molar-refractivity contribution in [2.75, 3.05) is 26.0 Å². The van der Waals surface area contributed by atoms with E-state index in [9.17, 15) is 0 Å². The summed E-state index contributed by atoms with van der Waals surface area (Å²) in [5.41, 5.74) is 0.339. The van der Waals surface area contributed by atoms with Crippen molar-refractivity contribution < 1.29 is 0 Å². The van der Waals surface area contributed by atoms with Crippen LogP contribution in [0.15, 0.2) is 12.4 Å². The van der Waals surface area contributed by atoms with Crippen LogP contribution in [0.1, 0.15) is 19.0 Å². The van der Waals surface area contributed by atoms with Crippen molar-refractivity contribution >= 4 is 5.82 Å². The van der Waals surface area contributed by atoms with Crippen LogP contribution in [0.5, 0.6) is 0 Å². The van der Waals surface area contributed by atoms with Crippen molar-refractivity contribution in [2.24, 2.45) is 0 Å². The summed E-state index contributed by atoms with van der Waals surface area (Å²) in [4.78, 5) is 10.2. The van der Waals surface area contributed by atoms with E-state index in [1.54, 1.807) is 6.20 Å². The number of nitriles is 1. The zero-order chi connectivity index (χ0) is 12.0. The summed E-state index contributed by atoms with van der Waals surface area (Å²) in [6.07, 6.45) is 4.10. The van der Waals surface area contributed by atoms with Crippen LogP contribution in [0, 0.1) is 11.3 Å². The van der Waals surface area contributed by atoms with E-state index in [4.69, 9.17) is 5.26 Å². The molecule has 0 aliphatic rings. The monoisotopic (exact) mass is 219 g/mol. The fourth-order valence-corrected chi connectivity index (χ4v) is 1.24. The first-order chi connectivity index (χ1) is 7.61. The molecule has 0 bridgehead atoms. The summed E-state index contributed by atoms with van der Waals surface area (Å²) >= 11 is 0. The Bertz CT molecular complexity index is 352. The molecule has 1 atom stereocenters. The molecule has 1 unspecified atom stereocenters. The zero-order valence-corrected chi connectivity index (χ0v) is 9.94. The van der Waals surface area contributed by atoms with E-state index in [0.29, 0.717) is 17.6 Å². The maximum absolute atomic E-state index is 8.58. The molecule has 0 amide bonds. The van der Waals surface area contributed by atoms with Crippen LogP contribution in [0.3, 0.4) is 0 Å². The summed E-state index contributed by atoms with van der Waals surface area (Å²) in [5.74, 6) is 0.713. The number of hydrogen-bond acceptors (Lipinski definition) is 5. The third-order valence-corrected chi connectivity index (χ3v) is 2.17. The first-order valence-electron chi connectivity index (χ1n) is 5.25. The van der Waals surface area contributed by atoms with Crippen molar-refractivity contribution in [3.05, 3.63) is 18.1 Å². The standard InChI is InChI=1S/C11H17N5/c1-9(4-5-16(2)3)15-11-8-13-10(6-12)7-14-11/h7-9H,4-5H2,1-3H3,(H,14,15). The maximum Gasteiger partial charge on any atom is 0.158 e. The zero-order valence-electron chi connectivity index (χ0n) is 9.94. The number of anilines is 1. The molecule has 86 valence electrons. The summed E-state index contributed by atoms with van der Waals surface area (Å²) in [6.45, 7) is 3.13. The second-order valence-corrected chi connectivity index (χ2v) is 4.04. The first-order valence-corrected chi connectivity index (χ1v) is 5.25. The fourth-order valence-electron chi connectivity index (χ4n) is 1.24. The van der Waals surface area contributed by atoms with E-state index in [1.165, 1.54) is 6.20 Å². The predicted molar refractivity (Wildman–Crippen MR) is 63.0 cm³/mol. The SMILES string of the molecule is CC(CCN(C)C)Nc1cnc(C#N)cn1. The van der Waals surface area contributed by atoms with Gasteiger partial charge in [0.1, 0.15) is 11.9 Å². The Morgan fingerprint density at radius 1 is 1.44 bits per heavy atom. The molecule has 16 heavy (non-hydrogen) atoms. The Labute approximate surface area is 96.1 Å². The van der Waals surface area contributed by atoms with Crippen molar-refractivity contribution in [2.45, 2.75) is 19.4 Å². The van der Waals surface area contributed by atoms with E-state index in [2.05, 4.69) is 27.1 Å². The van der Waals surface area contributed by atoms with Crippen LogP contribution in [0.2, 0.25) is 0 Å². The lowest BCUT2D eigenvalue weighted by atomic mass is 10.2. The molecule has 0 aliphatic carbocycles. The van der Waals surface area contributed by atoms with Gasteiger partial charge in [-0.1, -0.05) is 0 Å². The number of hydrogen-bond donors (Lipinski definition) is 1. The van der Waals surface area contributed by atoms with Crippen molar-refractivity contribution in [3.8, 4) is 6.07 Å². The summed E-state index contributed by atoms with van der Waals surface area (Å²) in [6, 6.07) is 2.28. The molecule has 0 saturated heterocycles. The minimum absolute atomic E-state index is 0.338. The van der Waals surface area contributed by atoms with Gasteiger partial charge in [-0.25, -0.2) is 9.97 Å². The van der Waals surface area contributed by atoms with Crippen molar-refractivity contribution in [1.82, 2.24) is 14.9 Å². The van der Waals surface area contributed by atoms with Gasteiger partial charge in [0.25, 0.3) is 0 Å². The topological polar surface area (TPSA) is 64.8 Å². The number of aromatic nitrogens is 2. The van der Waals surface area contributed by atoms with Crippen LogP contribution in [0.25, 0.3) is 0 Å². The maximum atomic E-state index is 8.58. The largest absolute Gasteiger partial charge is 0.366 e. The highest BCUT2D eigenvalue weighted by atomic mass is 15.1. The molecule has 0 fully saturated rings. The second-order valence-electron chi connectivity index (χ2n) is 4.04. The Morgan fingerprint density at radius 2 is 2.19 bits per heavy atom. The quantitative estimate of drug-likeness (QED) is 0.803. The van der Waals surface area contributed by atoms with Gasteiger partial charge in [0.2, 0.25) is 0 Å². The van der Waals surface area contributed by atoms with Gasteiger partial charge in [0, 0.05) is 6.04 Å². The lowest BCUT2D eigenvalue weighted by Crippen LogP contribution is -2.23. The average Bonchev–Trinajstić information content (AvgIpc) is 2.27. The summed E-state index contributed by atoms with van der Waals surface area (Å²) in [7, 11) is 4.10. The van der Waals surface area contributed by atoms with E-state index >= 15 is 0 Å². The molecular weight excluding hydrogens is 202 g/mol. The lowest BCUT2D eigenvalue weighted by molar-refractivity contribution is 0.390. The van der Waals surface area contributed by atoms with Crippen LogP contribution in [-0.4, -0.2) is 41.5 Å². The highest BCUT2D eigenvalue weighted by molar-refractivity contribution is 5.33. The van der Waals surface area contributed by atoms with E-state index < -0.39 is 0 Å². The van der Waals surface area contributed by atoms with Gasteiger partial charge in [-0.15, -0.1) is 0 Å². The minimum Gasteiger partial charge on any atom is -0.366 e. The molecule has 0 saturated carbocycles. The van der Waals surface area contributed by atoms with Gasteiger partial charge < -0.3 is 10.2 Å². The third-order valence-electron chi connectivity index (χ3n) is 2.17. The lowest BCUT2D eigenvalue weighted by Gasteiger charge is -2.16. The molecule has 0 aliphatic heterocycles. The van der Waals surface area contributed by atoms with Gasteiger partial charge in [-0.3, -0.25) is 0 Å². The molecular formula is C11H17N5. The Balaban J connectivity index is 2.44. The Morgan fingerprint density at radius 3 is 2.69 bits per heavy atom. The molecule has 1 N–H and O–H groups in total. The molecule has 0 radical (unpaired) electrons. The van der Waals surface area contributed by atoms with Crippen LogP contribution in [0.4, 0.5) is 5.82 Å². The highest BCUT2D eigenvalue weighted by Gasteiger charge is 2.03. The third kappa shape index (κ3) is 4.24. The number of nitrogens with zero attached hydrogens (tertiary/aromatic N) is 4. The fraction of sp³-hybridized carbons (Fsp3) is 0.545. The minimum atomic E-state index is 0.338. The van der Waals surface area contributed by atoms with Crippen molar-refractivity contribution in [3.63, 3.8) is 0 Å². The van der Waals surface area contributed by atoms with Gasteiger partial charge in [-0.05, 0) is 34.0 Å². The molecule has 1 rings (SSSR count). The summed E-state index contributed by atoms with van der Waals surface area (Å²) < 4.78 is 0. The van der Waals surface area contributed by atoms with E-state index in [0.717, 1.165) is 13.0 Å². The molecule has 1 heterocycles. The highest BCUT2D eigenvalue weighted by Crippen LogP contribution is 2.04. The molecule has 0 spiro atoms. The first kappa shape index (κ1) is 12.4. The Hall–Kier alpha value is -1.67. The number of nitrogens with one attached hydrogen (secondary N) is 1. The average molecular weight is 219 g/mol. The summed E-state index contributed by atoms with van der Waals surface area (Å²) in [5, 5.41) is 11.8. The molecule has 1 aromatic heterocycles. The van der Waals surface area contributed by atoms with Crippen LogP contribution >= 0.6 is 0 Å². The molecule has 5 nitrogen and oxygen atoms in total. The van der Waals surface area contributed by atoms with Gasteiger partial charge in [0.05, 0.1) is 12.4 Å². The molecule has 5 heteroatoms. The predicted octanol–water partition coefficient (Wildman–Crippen LogP) is 1.10. The normalized spacial score (nSPS) is 12.2. The van der Waals surface area contributed by atoms with Crippen LogP contribution in [-0.2, 0) is 0 Å². The smallest absolute Gasteiger partial charge is 0.158 e. The van der Waals surface area contributed by atoms with Gasteiger partial charge in [0.15, 0.2) is 5.69 Å². The molecule has 1 aromatic rings. The Kier molecular flexibility index (Phi) is 4.67. The van der Waals surface area contributed by atoms with E-state index in [-0.39, 0.29) is 0 Å². The van der Waals surface area contributed by atoms with E-state index in [1.807, 2.05) is 20.2 Å². The van der Waals surface area contributed by atoms with Crippen molar-refractivity contribution in [1.29, 1.82) is 5.26 Å². The number of rotatable bonds is 5. The second kappa shape index (κ2) is 6.03. The van der Waals surface area contributed by atoms with Gasteiger partial charge in [-0.2, -0.15) is 5.26 Å². The van der Waals surface area contributed by atoms with Gasteiger partial charge >= 0.3 is 0 Å². The van der Waals surface area contributed by atoms with Crippen LogP contribution < -0.4 is 5.32 Å².